The molecule has 0 unspecified atom stereocenters. The summed E-state index contributed by atoms with van der Waals surface area (Å²) in [5.74, 6) is 0.983. The van der Waals surface area contributed by atoms with Crippen molar-refractivity contribution in [2.75, 3.05) is 24.6 Å². The van der Waals surface area contributed by atoms with Gasteiger partial charge in [0, 0.05) is 31.2 Å². The number of rotatable bonds is 3. The first-order valence-corrected chi connectivity index (χ1v) is 5.99. The van der Waals surface area contributed by atoms with Crippen LogP contribution < -0.4 is 4.90 Å². The smallest absolute Gasteiger partial charge is 0.291 e. The molecule has 6 nitrogen and oxygen atoms in total. The van der Waals surface area contributed by atoms with E-state index in [1.165, 1.54) is 6.20 Å². The highest BCUT2D eigenvalue weighted by molar-refractivity contribution is 9.10. The average Bonchev–Trinajstić information content (AvgIpc) is 2.22. The second kappa shape index (κ2) is 4.58. The molecule has 1 aromatic rings. The van der Waals surface area contributed by atoms with Crippen molar-refractivity contribution < 1.29 is 10.0 Å². The molecule has 2 rings (SSSR count). The highest BCUT2D eigenvalue weighted by Gasteiger charge is 2.30. The molecule has 17 heavy (non-hydrogen) atoms. The molecule has 1 aromatic heterocycles. The maximum atomic E-state index is 10.7. The van der Waals surface area contributed by atoms with Gasteiger partial charge in [-0.3, -0.25) is 10.1 Å². The lowest BCUT2D eigenvalue weighted by Crippen LogP contribution is -2.49. The Morgan fingerprint density at radius 2 is 2.35 bits per heavy atom. The molecule has 7 heteroatoms. The molecule has 0 aliphatic carbocycles. The van der Waals surface area contributed by atoms with Crippen LogP contribution in [0.5, 0.6) is 0 Å². The van der Waals surface area contributed by atoms with E-state index in [2.05, 4.69) is 20.9 Å². The van der Waals surface area contributed by atoms with Crippen molar-refractivity contribution in [3.05, 3.63) is 26.3 Å². The summed E-state index contributed by atoms with van der Waals surface area (Å²) in [6.07, 6.45) is 1.28. The molecule has 1 N–H and O–H groups in total. The van der Waals surface area contributed by atoms with E-state index in [0.29, 0.717) is 15.9 Å². The zero-order valence-electron chi connectivity index (χ0n) is 9.26. The molecule has 0 radical (unpaired) electrons. The van der Waals surface area contributed by atoms with Crippen LogP contribution in [-0.4, -0.2) is 34.7 Å². The molecule has 0 amide bonds. The number of hydrogen-bond donors (Lipinski definition) is 1. The molecule has 1 aliphatic rings. The minimum atomic E-state index is -0.441. The number of pyridine rings is 1. The van der Waals surface area contributed by atoms with Crippen molar-refractivity contribution in [1.29, 1.82) is 0 Å². The van der Waals surface area contributed by atoms with E-state index < -0.39 is 4.92 Å². The third-order valence-corrected chi connectivity index (χ3v) is 3.88. The van der Waals surface area contributed by atoms with E-state index in [-0.39, 0.29) is 18.2 Å². The molecule has 1 fully saturated rings. The second-order valence-corrected chi connectivity index (χ2v) is 4.91. The standard InChI is InChI=1S/C10H12BrN3O3/c1-6-8(14(16)17)2-12-10(9(6)11)13-3-7(4-13)5-15/h2,7,15H,3-5H2,1H3. The van der Waals surface area contributed by atoms with Gasteiger partial charge in [-0.1, -0.05) is 0 Å². The zero-order chi connectivity index (χ0) is 12.6. The van der Waals surface area contributed by atoms with Crippen molar-refractivity contribution in [1.82, 2.24) is 4.98 Å². The normalized spacial score (nSPS) is 15.8. The Bertz CT molecular complexity index is 460. The number of halogens is 1. The van der Waals surface area contributed by atoms with Crippen molar-refractivity contribution >= 4 is 27.4 Å². The lowest BCUT2D eigenvalue weighted by molar-refractivity contribution is -0.385. The molecule has 92 valence electrons. The minimum absolute atomic E-state index is 0.0138. The number of nitrogens with zero attached hydrogens (tertiary/aromatic N) is 3. The van der Waals surface area contributed by atoms with Crippen LogP contribution in [0.1, 0.15) is 5.56 Å². The number of anilines is 1. The summed E-state index contributed by atoms with van der Waals surface area (Å²) in [4.78, 5) is 16.4. The van der Waals surface area contributed by atoms with Gasteiger partial charge in [0.25, 0.3) is 5.69 Å². The first kappa shape index (κ1) is 12.3. The fraction of sp³-hybridized carbons (Fsp3) is 0.500. The van der Waals surface area contributed by atoms with Crippen molar-refractivity contribution in [2.24, 2.45) is 5.92 Å². The minimum Gasteiger partial charge on any atom is -0.396 e. The maximum absolute atomic E-state index is 10.7. The molecule has 0 bridgehead atoms. The van der Waals surface area contributed by atoms with Gasteiger partial charge in [-0.25, -0.2) is 4.98 Å². The van der Waals surface area contributed by atoms with E-state index in [9.17, 15) is 10.1 Å². The van der Waals surface area contributed by atoms with E-state index >= 15 is 0 Å². The van der Waals surface area contributed by atoms with E-state index in [1.54, 1.807) is 6.92 Å². The third-order valence-electron chi connectivity index (χ3n) is 2.93. The molecule has 1 aliphatic heterocycles. The average molecular weight is 302 g/mol. The predicted octanol–water partition coefficient (Wildman–Crippen LogP) is 1.49. The predicted molar refractivity (Wildman–Crippen MR) is 66.1 cm³/mol. The molecule has 1 saturated heterocycles. The van der Waals surface area contributed by atoms with Crippen LogP contribution in [0, 0.1) is 23.0 Å². The Labute approximate surface area is 107 Å². The van der Waals surface area contributed by atoms with Gasteiger partial charge >= 0.3 is 0 Å². The highest BCUT2D eigenvalue weighted by atomic mass is 79.9. The van der Waals surface area contributed by atoms with Crippen LogP contribution in [0.3, 0.4) is 0 Å². The highest BCUT2D eigenvalue weighted by Crippen LogP contribution is 2.35. The van der Waals surface area contributed by atoms with Crippen LogP contribution >= 0.6 is 15.9 Å². The van der Waals surface area contributed by atoms with Gasteiger partial charge in [0.05, 0.1) is 9.40 Å². The Hall–Kier alpha value is -1.21. The first-order chi connectivity index (χ1) is 8.04. The molecule has 2 heterocycles. The molecule has 0 spiro atoms. The summed E-state index contributed by atoms with van der Waals surface area (Å²) in [6, 6.07) is 0. The number of nitro groups is 1. The summed E-state index contributed by atoms with van der Waals surface area (Å²) in [7, 11) is 0. The molecule has 0 saturated carbocycles. The van der Waals surface area contributed by atoms with Gasteiger partial charge < -0.3 is 10.0 Å². The molecule has 0 aromatic carbocycles. The molecular formula is C10H12BrN3O3. The summed E-state index contributed by atoms with van der Waals surface area (Å²) < 4.78 is 0.656. The Balaban J connectivity index is 2.26. The van der Waals surface area contributed by atoms with Crippen LogP contribution in [0.4, 0.5) is 11.5 Å². The number of aliphatic hydroxyl groups is 1. The van der Waals surface area contributed by atoms with Gasteiger partial charge in [-0.2, -0.15) is 0 Å². The first-order valence-electron chi connectivity index (χ1n) is 5.20. The van der Waals surface area contributed by atoms with Gasteiger partial charge in [0.1, 0.15) is 12.0 Å². The van der Waals surface area contributed by atoms with Crippen molar-refractivity contribution in [3.8, 4) is 0 Å². The second-order valence-electron chi connectivity index (χ2n) is 4.12. The largest absolute Gasteiger partial charge is 0.396 e. The van der Waals surface area contributed by atoms with Gasteiger partial charge in [0.2, 0.25) is 0 Å². The fourth-order valence-corrected chi connectivity index (χ4v) is 2.38. The van der Waals surface area contributed by atoms with E-state index in [0.717, 1.165) is 13.1 Å². The molecule has 0 atom stereocenters. The van der Waals surface area contributed by atoms with E-state index in [1.807, 2.05) is 4.90 Å². The summed E-state index contributed by atoms with van der Waals surface area (Å²) in [6.45, 7) is 3.33. The summed E-state index contributed by atoms with van der Waals surface area (Å²) in [5.41, 5.74) is 0.590. The lowest BCUT2D eigenvalue weighted by atomic mass is 10.0. The van der Waals surface area contributed by atoms with Crippen LogP contribution in [0.2, 0.25) is 0 Å². The summed E-state index contributed by atoms with van der Waals surface area (Å²) >= 11 is 3.35. The zero-order valence-corrected chi connectivity index (χ0v) is 10.8. The Morgan fingerprint density at radius 3 is 2.88 bits per heavy atom. The quantitative estimate of drug-likeness (QED) is 0.676. The van der Waals surface area contributed by atoms with Gasteiger partial charge in [-0.05, 0) is 22.9 Å². The fourth-order valence-electron chi connectivity index (χ4n) is 1.82. The number of aromatic nitrogens is 1. The topological polar surface area (TPSA) is 79.5 Å². The van der Waals surface area contributed by atoms with Gasteiger partial charge in [-0.15, -0.1) is 0 Å². The van der Waals surface area contributed by atoms with Crippen LogP contribution in [0.15, 0.2) is 10.7 Å². The van der Waals surface area contributed by atoms with Gasteiger partial charge in [0.15, 0.2) is 0 Å². The number of aliphatic hydroxyl groups excluding tert-OH is 1. The SMILES string of the molecule is Cc1c([N+](=O)[O-])cnc(N2CC(CO)C2)c1Br. The maximum Gasteiger partial charge on any atom is 0.291 e. The summed E-state index contributed by atoms with van der Waals surface area (Å²) in [5, 5.41) is 19.7. The molecular weight excluding hydrogens is 290 g/mol. The Kier molecular flexibility index (Phi) is 3.30. The van der Waals surface area contributed by atoms with Crippen LogP contribution in [0.25, 0.3) is 0 Å². The van der Waals surface area contributed by atoms with E-state index in [4.69, 9.17) is 5.11 Å². The lowest BCUT2D eigenvalue weighted by Gasteiger charge is -2.39. The Morgan fingerprint density at radius 1 is 1.71 bits per heavy atom. The number of hydrogen-bond acceptors (Lipinski definition) is 5. The third kappa shape index (κ3) is 2.12. The van der Waals surface area contributed by atoms with Crippen LogP contribution in [-0.2, 0) is 0 Å². The van der Waals surface area contributed by atoms with Crippen molar-refractivity contribution in [2.45, 2.75) is 6.92 Å². The monoisotopic (exact) mass is 301 g/mol. The van der Waals surface area contributed by atoms with Crippen molar-refractivity contribution in [3.63, 3.8) is 0 Å².